The smallest absolute Gasteiger partial charge is 0.417 e. The summed E-state index contributed by atoms with van der Waals surface area (Å²) in [5.41, 5.74) is -1.01. The van der Waals surface area contributed by atoms with Crippen LogP contribution in [0.3, 0.4) is 0 Å². The van der Waals surface area contributed by atoms with E-state index in [4.69, 9.17) is 16.3 Å². The Morgan fingerprint density at radius 3 is 2.18 bits per heavy atom. The molecule has 0 aliphatic carbocycles. The number of alkyl halides is 3. The Balaban J connectivity index is 2.45. The maximum absolute atomic E-state index is 13.5. The van der Waals surface area contributed by atoms with Crippen LogP contribution in [0.15, 0.2) is 42.5 Å². The fraction of sp³-hybridized carbons (Fsp3) is 0.440. The molecule has 8 nitrogen and oxygen atoms in total. The molecule has 0 aliphatic heterocycles. The Morgan fingerprint density at radius 1 is 1.08 bits per heavy atom. The van der Waals surface area contributed by atoms with E-state index in [0.29, 0.717) is 28.2 Å². The monoisotopic (exact) mass is 577 g/mol. The van der Waals surface area contributed by atoms with Crippen molar-refractivity contribution in [2.24, 2.45) is 5.92 Å². The summed E-state index contributed by atoms with van der Waals surface area (Å²) in [4.78, 5) is 27.5. The van der Waals surface area contributed by atoms with Crippen molar-refractivity contribution in [1.82, 2.24) is 10.2 Å². The van der Waals surface area contributed by atoms with Crippen LogP contribution in [0.4, 0.5) is 18.9 Å². The van der Waals surface area contributed by atoms with E-state index in [-0.39, 0.29) is 18.2 Å². The number of hydrogen-bond donors (Lipinski definition) is 1. The molecule has 2 rings (SSSR count). The summed E-state index contributed by atoms with van der Waals surface area (Å²) in [6, 6.07) is 8.25. The highest BCUT2D eigenvalue weighted by molar-refractivity contribution is 7.92. The Bertz CT molecular complexity index is 1240. The molecule has 0 saturated carbocycles. The summed E-state index contributed by atoms with van der Waals surface area (Å²) < 4.78 is 71.1. The third-order valence-corrected chi connectivity index (χ3v) is 7.06. The van der Waals surface area contributed by atoms with Gasteiger partial charge in [0, 0.05) is 13.1 Å². The third kappa shape index (κ3) is 8.52. The maximum atomic E-state index is 13.5. The summed E-state index contributed by atoms with van der Waals surface area (Å²) >= 11 is 5.68. The molecule has 0 heterocycles. The number of rotatable bonds is 11. The summed E-state index contributed by atoms with van der Waals surface area (Å²) in [5.74, 6) is -0.537. The van der Waals surface area contributed by atoms with Gasteiger partial charge in [-0.3, -0.25) is 13.9 Å². The number of amides is 2. The van der Waals surface area contributed by atoms with Gasteiger partial charge in [-0.15, -0.1) is 0 Å². The molecule has 0 saturated heterocycles. The molecule has 13 heteroatoms. The zero-order chi connectivity index (χ0) is 28.8. The van der Waals surface area contributed by atoms with Gasteiger partial charge in [0.15, 0.2) is 0 Å². The number of nitrogens with one attached hydrogen (secondary N) is 1. The van der Waals surface area contributed by atoms with Crippen LogP contribution in [-0.4, -0.2) is 57.6 Å². The van der Waals surface area contributed by atoms with Crippen LogP contribution < -0.4 is 14.4 Å². The van der Waals surface area contributed by atoms with Gasteiger partial charge in [0.25, 0.3) is 0 Å². The van der Waals surface area contributed by atoms with Crippen molar-refractivity contribution in [3.63, 3.8) is 0 Å². The van der Waals surface area contributed by atoms with Crippen LogP contribution in [0.5, 0.6) is 5.75 Å². The maximum Gasteiger partial charge on any atom is 0.417 e. The molecule has 0 radical (unpaired) electrons. The lowest BCUT2D eigenvalue weighted by molar-refractivity contribution is -0.139. The van der Waals surface area contributed by atoms with Gasteiger partial charge in [-0.2, -0.15) is 13.2 Å². The lowest BCUT2D eigenvalue weighted by Crippen LogP contribution is -2.51. The molecule has 0 aromatic heterocycles. The first kappa shape index (κ1) is 31.2. The average molecular weight is 578 g/mol. The molecule has 0 aliphatic rings. The van der Waals surface area contributed by atoms with Gasteiger partial charge in [-0.25, -0.2) is 8.42 Å². The fourth-order valence-corrected chi connectivity index (χ4v) is 4.53. The Hall–Kier alpha value is -2.99. The molecule has 0 unspecified atom stereocenters. The molecule has 1 N–H and O–H groups in total. The molecule has 0 bridgehead atoms. The fourth-order valence-electron chi connectivity index (χ4n) is 3.46. The molecule has 38 heavy (non-hydrogen) atoms. The number of carbonyl (C=O) groups excluding carboxylic acids is 2. The van der Waals surface area contributed by atoms with Gasteiger partial charge in [-0.05, 0) is 48.7 Å². The second-order valence-corrected chi connectivity index (χ2v) is 11.4. The van der Waals surface area contributed by atoms with Crippen molar-refractivity contribution in [3.8, 4) is 5.75 Å². The van der Waals surface area contributed by atoms with Gasteiger partial charge in [0.2, 0.25) is 21.8 Å². The predicted octanol–water partition coefficient (Wildman–Crippen LogP) is 4.32. The molecular formula is C25H31ClF3N3O5S. The molecule has 2 aromatic rings. The molecule has 2 aromatic carbocycles. The van der Waals surface area contributed by atoms with E-state index in [2.05, 4.69) is 5.32 Å². The Morgan fingerprint density at radius 2 is 1.68 bits per heavy atom. The summed E-state index contributed by atoms with van der Waals surface area (Å²) in [6.45, 7) is 4.74. The number of carbonyl (C=O) groups is 2. The summed E-state index contributed by atoms with van der Waals surface area (Å²) in [5, 5.41) is 2.13. The normalized spacial score (nSPS) is 12.7. The Labute approximate surface area is 225 Å². The summed E-state index contributed by atoms with van der Waals surface area (Å²) in [7, 11) is -2.72. The molecular weight excluding hydrogens is 547 g/mol. The number of anilines is 1. The van der Waals surface area contributed by atoms with E-state index in [9.17, 15) is 31.2 Å². The molecule has 210 valence electrons. The second kappa shape index (κ2) is 12.7. The van der Waals surface area contributed by atoms with E-state index >= 15 is 0 Å². The average Bonchev–Trinajstić information content (AvgIpc) is 2.83. The van der Waals surface area contributed by atoms with Crippen molar-refractivity contribution in [2.75, 3.05) is 30.8 Å². The SMILES string of the molecule is COc1ccc(CN(C(=O)CN(c2ccc(Cl)c(C(F)(F)F)c2)S(C)(=O)=O)[C@@H](C)C(=O)NCC(C)C)cc1. The highest BCUT2D eigenvalue weighted by atomic mass is 35.5. The number of benzene rings is 2. The van der Waals surface area contributed by atoms with Crippen LogP contribution in [0.2, 0.25) is 5.02 Å². The number of hydrogen-bond acceptors (Lipinski definition) is 5. The number of nitrogens with zero attached hydrogens (tertiary/aromatic N) is 2. The number of sulfonamides is 1. The van der Waals surface area contributed by atoms with Crippen LogP contribution in [0.25, 0.3) is 0 Å². The van der Waals surface area contributed by atoms with Crippen LogP contribution >= 0.6 is 11.6 Å². The number of methoxy groups -OCH3 is 1. The molecule has 0 spiro atoms. The molecule has 2 amide bonds. The number of halogens is 4. The Kier molecular flexibility index (Phi) is 10.4. The highest BCUT2D eigenvalue weighted by Gasteiger charge is 2.35. The second-order valence-electron chi connectivity index (χ2n) is 9.12. The van der Waals surface area contributed by atoms with Gasteiger partial charge in [0.1, 0.15) is 18.3 Å². The van der Waals surface area contributed by atoms with Crippen molar-refractivity contribution in [1.29, 1.82) is 0 Å². The van der Waals surface area contributed by atoms with Gasteiger partial charge in [0.05, 0.1) is 29.6 Å². The minimum Gasteiger partial charge on any atom is -0.497 e. The first-order chi connectivity index (χ1) is 17.5. The topological polar surface area (TPSA) is 96.0 Å². The largest absolute Gasteiger partial charge is 0.497 e. The van der Waals surface area contributed by atoms with Crippen molar-refractivity contribution < 1.29 is 35.9 Å². The van der Waals surface area contributed by atoms with Crippen molar-refractivity contribution in [2.45, 2.75) is 39.5 Å². The van der Waals surface area contributed by atoms with E-state index in [1.807, 2.05) is 13.8 Å². The zero-order valence-electron chi connectivity index (χ0n) is 21.7. The summed E-state index contributed by atoms with van der Waals surface area (Å²) in [6.07, 6.45) is -4.07. The van der Waals surface area contributed by atoms with Crippen LogP contribution in [0, 0.1) is 5.92 Å². The number of ether oxygens (including phenoxy) is 1. The minimum atomic E-state index is -4.84. The van der Waals surface area contributed by atoms with Crippen molar-refractivity contribution in [3.05, 3.63) is 58.6 Å². The first-order valence-corrected chi connectivity index (χ1v) is 13.8. The van der Waals surface area contributed by atoms with Gasteiger partial charge >= 0.3 is 6.18 Å². The minimum absolute atomic E-state index is 0.0644. The van der Waals surface area contributed by atoms with Gasteiger partial charge in [-0.1, -0.05) is 37.6 Å². The molecule has 0 fully saturated rings. The van der Waals surface area contributed by atoms with E-state index in [1.165, 1.54) is 18.9 Å². The van der Waals surface area contributed by atoms with Crippen LogP contribution in [0.1, 0.15) is 31.9 Å². The quantitative estimate of drug-likeness (QED) is 0.429. The third-order valence-electron chi connectivity index (χ3n) is 5.59. The first-order valence-electron chi connectivity index (χ1n) is 11.6. The predicted molar refractivity (Wildman–Crippen MR) is 139 cm³/mol. The lowest BCUT2D eigenvalue weighted by atomic mass is 10.1. The highest BCUT2D eigenvalue weighted by Crippen LogP contribution is 2.37. The lowest BCUT2D eigenvalue weighted by Gasteiger charge is -2.31. The van der Waals surface area contributed by atoms with Crippen LogP contribution in [-0.2, 0) is 32.3 Å². The zero-order valence-corrected chi connectivity index (χ0v) is 23.2. The van der Waals surface area contributed by atoms with E-state index in [1.54, 1.807) is 24.3 Å². The van der Waals surface area contributed by atoms with E-state index < -0.39 is 51.2 Å². The standard InChI is InChI=1S/C25H31ClF3N3O5S/c1-16(2)13-30-24(34)17(3)31(14-18-6-9-20(37-4)10-7-18)23(33)15-32(38(5,35)36)19-8-11-22(26)21(12-19)25(27,28)29/h6-12,16-17H,13-15H2,1-5H3,(H,30,34)/t17-/m0/s1. The van der Waals surface area contributed by atoms with Crippen molar-refractivity contribution >= 4 is 39.1 Å². The molecule has 1 atom stereocenters. The van der Waals surface area contributed by atoms with E-state index in [0.717, 1.165) is 18.4 Å². The van der Waals surface area contributed by atoms with Gasteiger partial charge < -0.3 is 15.0 Å².